The highest BCUT2D eigenvalue weighted by atomic mass is 19.1. The summed E-state index contributed by atoms with van der Waals surface area (Å²) < 4.78 is 18.8. The number of aliphatic carboxylic acids is 1. The van der Waals surface area contributed by atoms with E-state index in [4.69, 9.17) is 9.84 Å². The van der Waals surface area contributed by atoms with Crippen LogP contribution in [0.15, 0.2) is 18.2 Å². The van der Waals surface area contributed by atoms with E-state index in [1.807, 2.05) is 0 Å². The van der Waals surface area contributed by atoms with Gasteiger partial charge in [0.25, 0.3) is 0 Å². The molecule has 1 fully saturated rings. The smallest absolute Gasteiger partial charge is 0.306 e. The zero-order chi connectivity index (χ0) is 12.4. The Morgan fingerprint density at radius 3 is 2.82 bits per heavy atom. The number of carboxylic acids is 1. The monoisotopic (exact) mass is 238 g/mol. The van der Waals surface area contributed by atoms with Crippen molar-refractivity contribution < 1.29 is 19.0 Å². The van der Waals surface area contributed by atoms with E-state index in [0.717, 1.165) is 6.42 Å². The molecule has 1 N–H and O–H groups in total. The number of halogens is 1. The molecule has 3 nitrogen and oxygen atoms in total. The fourth-order valence-corrected chi connectivity index (χ4v) is 2.29. The summed E-state index contributed by atoms with van der Waals surface area (Å²) in [5.41, 5.74) is 0.542. The van der Waals surface area contributed by atoms with Crippen LogP contribution in [0.25, 0.3) is 0 Å². The molecule has 0 spiro atoms. The van der Waals surface area contributed by atoms with Crippen LogP contribution in [0.5, 0.6) is 5.75 Å². The van der Waals surface area contributed by atoms with Crippen LogP contribution in [0.4, 0.5) is 4.39 Å². The fraction of sp³-hybridized carbons (Fsp3) is 0.462. The number of benzene rings is 1. The molecule has 92 valence electrons. The van der Waals surface area contributed by atoms with Crippen molar-refractivity contribution >= 4 is 5.97 Å². The number of carbonyl (C=O) groups is 1. The van der Waals surface area contributed by atoms with E-state index < -0.39 is 5.97 Å². The molecule has 1 aliphatic carbocycles. The topological polar surface area (TPSA) is 46.5 Å². The normalized spacial score (nSPS) is 22.9. The Labute approximate surface area is 99.2 Å². The average Bonchev–Trinajstić information content (AvgIpc) is 2.25. The lowest BCUT2D eigenvalue weighted by Crippen LogP contribution is -2.34. The highest BCUT2D eigenvalue weighted by molar-refractivity contribution is 5.71. The van der Waals surface area contributed by atoms with Crippen LogP contribution < -0.4 is 4.74 Å². The number of rotatable bonds is 4. The number of hydrogen-bond donors (Lipinski definition) is 1. The van der Waals surface area contributed by atoms with Crippen molar-refractivity contribution in [2.24, 2.45) is 11.8 Å². The summed E-state index contributed by atoms with van der Waals surface area (Å²) in [4.78, 5) is 10.9. The maximum atomic E-state index is 13.8. The SMILES string of the molecule is COc1cccc(CC2CCC2C(=O)O)c1F. The molecule has 1 saturated carbocycles. The van der Waals surface area contributed by atoms with Gasteiger partial charge in [-0.3, -0.25) is 4.79 Å². The van der Waals surface area contributed by atoms with Gasteiger partial charge in [0, 0.05) is 0 Å². The highest BCUT2D eigenvalue weighted by Crippen LogP contribution is 2.38. The molecule has 0 bridgehead atoms. The zero-order valence-electron chi connectivity index (χ0n) is 9.65. The Morgan fingerprint density at radius 2 is 2.29 bits per heavy atom. The van der Waals surface area contributed by atoms with Gasteiger partial charge in [-0.2, -0.15) is 0 Å². The predicted octanol–water partition coefficient (Wildman–Crippen LogP) is 2.49. The highest BCUT2D eigenvalue weighted by Gasteiger charge is 2.36. The molecule has 1 aromatic rings. The lowest BCUT2D eigenvalue weighted by molar-refractivity contribution is -0.147. The first-order valence-corrected chi connectivity index (χ1v) is 5.67. The minimum Gasteiger partial charge on any atom is -0.494 e. The summed E-state index contributed by atoms with van der Waals surface area (Å²) in [5, 5.41) is 8.93. The quantitative estimate of drug-likeness (QED) is 0.876. The van der Waals surface area contributed by atoms with Crippen molar-refractivity contribution in [3.8, 4) is 5.75 Å². The van der Waals surface area contributed by atoms with Gasteiger partial charge < -0.3 is 9.84 Å². The molecule has 0 amide bonds. The minimum absolute atomic E-state index is 0.0501. The minimum atomic E-state index is -0.774. The molecule has 17 heavy (non-hydrogen) atoms. The van der Waals surface area contributed by atoms with Crippen molar-refractivity contribution in [2.75, 3.05) is 7.11 Å². The fourth-order valence-electron chi connectivity index (χ4n) is 2.29. The first-order chi connectivity index (χ1) is 8.13. The Bertz CT molecular complexity index is 431. The van der Waals surface area contributed by atoms with Crippen molar-refractivity contribution in [1.29, 1.82) is 0 Å². The van der Waals surface area contributed by atoms with Gasteiger partial charge in [0.2, 0.25) is 0 Å². The van der Waals surface area contributed by atoms with Gasteiger partial charge in [0.1, 0.15) is 0 Å². The third kappa shape index (κ3) is 2.25. The molecule has 2 atom stereocenters. The number of methoxy groups -OCH3 is 1. The van der Waals surface area contributed by atoms with Crippen molar-refractivity contribution in [3.63, 3.8) is 0 Å². The van der Waals surface area contributed by atoms with Crippen LogP contribution in [-0.4, -0.2) is 18.2 Å². The van der Waals surface area contributed by atoms with Gasteiger partial charge in [-0.15, -0.1) is 0 Å². The summed E-state index contributed by atoms with van der Waals surface area (Å²) >= 11 is 0. The molecule has 2 rings (SSSR count). The second-order valence-corrected chi connectivity index (χ2v) is 4.42. The largest absolute Gasteiger partial charge is 0.494 e. The van der Waals surface area contributed by atoms with Gasteiger partial charge in [0.05, 0.1) is 13.0 Å². The lowest BCUT2D eigenvalue weighted by Gasteiger charge is -2.33. The van der Waals surface area contributed by atoms with Crippen LogP contribution in [0, 0.1) is 17.7 Å². The standard InChI is InChI=1S/C13H15FO3/c1-17-11-4-2-3-9(12(11)14)7-8-5-6-10(8)13(15)16/h2-4,8,10H,5-7H2,1H3,(H,15,16). The van der Waals surface area contributed by atoms with Crippen LogP contribution >= 0.6 is 0 Å². The lowest BCUT2D eigenvalue weighted by atomic mass is 9.71. The maximum Gasteiger partial charge on any atom is 0.306 e. The zero-order valence-corrected chi connectivity index (χ0v) is 9.65. The first kappa shape index (κ1) is 11.9. The van der Waals surface area contributed by atoms with Gasteiger partial charge in [-0.25, -0.2) is 4.39 Å². The van der Waals surface area contributed by atoms with Crippen molar-refractivity contribution in [2.45, 2.75) is 19.3 Å². The van der Waals surface area contributed by atoms with E-state index in [9.17, 15) is 9.18 Å². The van der Waals surface area contributed by atoms with Crippen LogP contribution in [0.1, 0.15) is 18.4 Å². The molecule has 2 unspecified atom stereocenters. The van der Waals surface area contributed by atoms with E-state index >= 15 is 0 Å². The van der Waals surface area contributed by atoms with Gasteiger partial charge in [-0.05, 0) is 36.8 Å². The molecule has 1 aromatic carbocycles. The Morgan fingerprint density at radius 1 is 1.53 bits per heavy atom. The molecule has 1 aliphatic rings. The predicted molar refractivity (Wildman–Crippen MR) is 60.5 cm³/mol. The molecular formula is C13H15FO3. The molecule has 0 aromatic heterocycles. The molecular weight excluding hydrogens is 223 g/mol. The molecule has 4 heteroatoms. The molecule has 0 heterocycles. The van der Waals surface area contributed by atoms with Crippen molar-refractivity contribution in [3.05, 3.63) is 29.6 Å². The van der Waals surface area contributed by atoms with E-state index in [1.54, 1.807) is 18.2 Å². The second kappa shape index (κ2) is 4.73. The summed E-state index contributed by atoms with van der Waals surface area (Å²) in [6.07, 6.45) is 2.03. The summed E-state index contributed by atoms with van der Waals surface area (Å²) in [7, 11) is 1.42. The van der Waals surface area contributed by atoms with Gasteiger partial charge in [0.15, 0.2) is 11.6 Å². The first-order valence-electron chi connectivity index (χ1n) is 5.67. The molecule has 0 radical (unpaired) electrons. The van der Waals surface area contributed by atoms with Crippen LogP contribution in [0.3, 0.4) is 0 Å². The van der Waals surface area contributed by atoms with E-state index in [1.165, 1.54) is 7.11 Å². The Balaban J connectivity index is 2.11. The van der Waals surface area contributed by atoms with Gasteiger partial charge in [-0.1, -0.05) is 12.1 Å². The number of hydrogen-bond acceptors (Lipinski definition) is 2. The summed E-state index contributed by atoms with van der Waals surface area (Å²) in [6.45, 7) is 0. The molecule has 0 saturated heterocycles. The Kier molecular flexibility index (Phi) is 3.31. The van der Waals surface area contributed by atoms with Crippen LogP contribution in [-0.2, 0) is 11.2 Å². The number of carboxylic acid groups (broad SMARTS) is 1. The average molecular weight is 238 g/mol. The maximum absolute atomic E-state index is 13.8. The van der Waals surface area contributed by atoms with E-state index in [2.05, 4.69) is 0 Å². The summed E-state index contributed by atoms with van der Waals surface area (Å²) in [6, 6.07) is 4.98. The summed E-state index contributed by atoms with van der Waals surface area (Å²) in [5.74, 6) is -1.20. The third-order valence-corrected chi connectivity index (χ3v) is 3.48. The van der Waals surface area contributed by atoms with Crippen LogP contribution in [0.2, 0.25) is 0 Å². The van der Waals surface area contributed by atoms with E-state index in [-0.39, 0.29) is 23.4 Å². The third-order valence-electron chi connectivity index (χ3n) is 3.48. The van der Waals surface area contributed by atoms with Crippen molar-refractivity contribution in [1.82, 2.24) is 0 Å². The second-order valence-electron chi connectivity index (χ2n) is 4.42. The van der Waals surface area contributed by atoms with E-state index in [0.29, 0.717) is 18.4 Å². The van der Waals surface area contributed by atoms with Gasteiger partial charge >= 0.3 is 5.97 Å². The Hall–Kier alpha value is -1.58. The number of ether oxygens (including phenoxy) is 1. The molecule has 0 aliphatic heterocycles.